The second-order valence-corrected chi connectivity index (χ2v) is 5.39. The highest BCUT2D eigenvalue weighted by Crippen LogP contribution is 2.26. The van der Waals surface area contributed by atoms with Gasteiger partial charge in [0, 0.05) is 18.6 Å². The van der Waals surface area contributed by atoms with E-state index < -0.39 is 5.82 Å². The Labute approximate surface area is 117 Å². The summed E-state index contributed by atoms with van der Waals surface area (Å²) in [5.41, 5.74) is 5.75. The van der Waals surface area contributed by atoms with Crippen LogP contribution in [0.2, 0.25) is 5.02 Å². The fraction of sp³-hybridized carbons (Fsp3) is 0.500. The summed E-state index contributed by atoms with van der Waals surface area (Å²) >= 11 is 5.73. The van der Waals surface area contributed by atoms with Gasteiger partial charge in [0.2, 0.25) is 0 Å². The Hall–Kier alpha value is -1.13. The van der Waals surface area contributed by atoms with Crippen LogP contribution in [-0.4, -0.2) is 29.4 Å². The van der Waals surface area contributed by atoms with Crippen molar-refractivity contribution in [3.63, 3.8) is 0 Å². The molecule has 0 aliphatic carbocycles. The lowest BCUT2D eigenvalue weighted by molar-refractivity contribution is 0.0489. The van der Waals surface area contributed by atoms with Crippen molar-refractivity contribution in [3.05, 3.63) is 34.6 Å². The molecule has 1 aliphatic rings. The molecule has 2 N–H and O–H groups in total. The molecule has 1 fully saturated rings. The molecule has 1 saturated heterocycles. The average molecular weight is 285 g/mol. The van der Waals surface area contributed by atoms with Gasteiger partial charge in [0.1, 0.15) is 0 Å². The molecule has 0 aromatic heterocycles. The monoisotopic (exact) mass is 284 g/mol. The van der Waals surface area contributed by atoms with E-state index in [4.69, 9.17) is 17.3 Å². The molecule has 0 spiro atoms. The Morgan fingerprint density at radius 2 is 2.26 bits per heavy atom. The number of rotatable bonds is 2. The Bertz CT molecular complexity index is 481. The Kier molecular flexibility index (Phi) is 4.42. The SMILES string of the molecule is CC1CCCC(CN)N1C(=O)c1cccc(Cl)c1F. The summed E-state index contributed by atoms with van der Waals surface area (Å²) in [6.45, 7) is 2.38. The van der Waals surface area contributed by atoms with E-state index in [9.17, 15) is 9.18 Å². The first-order valence-corrected chi connectivity index (χ1v) is 6.90. The highest BCUT2D eigenvalue weighted by molar-refractivity contribution is 6.31. The third-order valence-electron chi connectivity index (χ3n) is 3.72. The van der Waals surface area contributed by atoms with Crippen LogP contribution < -0.4 is 5.73 Å². The quantitative estimate of drug-likeness (QED) is 0.908. The van der Waals surface area contributed by atoms with Crippen molar-refractivity contribution in [2.75, 3.05) is 6.54 Å². The number of carbonyl (C=O) groups is 1. The van der Waals surface area contributed by atoms with Gasteiger partial charge in [-0.15, -0.1) is 0 Å². The maximum atomic E-state index is 14.0. The maximum Gasteiger partial charge on any atom is 0.257 e. The molecule has 5 heteroatoms. The molecule has 1 heterocycles. The van der Waals surface area contributed by atoms with E-state index in [1.54, 1.807) is 11.0 Å². The Morgan fingerprint density at radius 1 is 1.53 bits per heavy atom. The number of piperidine rings is 1. The molecule has 2 atom stereocenters. The van der Waals surface area contributed by atoms with Gasteiger partial charge in [0.25, 0.3) is 5.91 Å². The van der Waals surface area contributed by atoms with Crippen molar-refractivity contribution in [3.8, 4) is 0 Å². The Morgan fingerprint density at radius 3 is 2.95 bits per heavy atom. The minimum absolute atomic E-state index is 0.0189. The Balaban J connectivity index is 2.33. The molecular formula is C14H18ClFN2O. The number of nitrogens with zero attached hydrogens (tertiary/aromatic N) is 1. The summed E-state index contributed by atoms with van der Waals surface area (Å²) in [5.74, 6) is -0.967. The second kappa shape index (κ2) is 5.88. The second-order valence-electron chi connectivity index (χ2n) is 4.98. The number of halogens is 2. The van der Waals surface area contributed by atoms with Crippen LogP contribution in [0.4, 0.5) is 4.39 Å². The van der Waals surface area contributed by atoms with Gasteiger partial charge < -0.3 is 10.6 Å². The zero-order valence-corrected chi connectivity index (χ0v) is 11.7. The lowest BCUT2D eigenvalue weighted by atomic mass is 9.95. The zero-order chi connectivity index (χ0) is 14.0. The average Bonchev–Trinajstić information content (AvgIpc) is 2.40. The molecule has 3 nitrogen and oxygen atoms in total. The normalized spacial score (nSPS) is 23.5. The molecular weight excluding hydrogens is 267 g/mol. The molecule has 0 bridgehead atoms. The van der Waals surface area contributed by atoms with Crippen molar-refractivity contribution in [2.24, 2.45) is 5.73 Å². The highest BCUT2D eigenvalue weighted by atomic mass is 35.5. The molecule has 19 heavy (non-hydrogen) atoms. The number of nitrogens with two attached hydrogens (primary N) is 1. The van der Waals surface area contributed by atoms with Gasteiger partial charge in [0.05, 0.1) is 10.6 Å². The van der Waals surface area contributed by atoms with Crippen molar-refractivity contribution in [1.29, 1.82) is 0 Å². The van der Waals surface area contributed by atoms with Crippen LogP contribution >= 0.6 is 11.6 Å². The molecule has 1 amide bonds. The van der Waals surface area contributed by atoms with E-state index in [0.29, 0.717) is 6.54 Å². The first-order valence-electron chi connectivity index (χ1n) is 6.53. The molecule has 1 aromatic rings. The minimum atomic E-state index is -0.650. The van der Waals surface area contributed by atoms with Crippen LogP contribution in [0, 0.1) is 5.82 Å². The van der Waals surface area contributed by atoms with Gasteiger partial charge in [-0.3, -0.25) is 4.79 Å². The van der Waals surface area contributed by atoms with E-state index in [1.807, 2.05) is 6.92 Å². The summed E-state index contributed by atoms with van der Waals surface area (Å²) in [4.78, 5) is 14.2. The van der Waals surface area contributed by atoms with Crippen LogP contribution in [0.1, 0.15) is 36.5 Å². The molecule has 104 valence electrons. The van der Waals surface area contributed by atoms with E-state index in [2.05, 4.69) is 0 Å². The van der Waals surface area contributed by atoms with Crippen molar-refractivity contribution in [2.45, 2.75) is 38.3 Å². The first-order chi connectivity index (χ1) is 9.06. The van der Waals surface area contributed by atoms with Crippen LogP contribution in [0.3, 0.4) is 0 Å². The predicted octanol–water partition coefficient (Wildman–Crippen LogP) is 2.82. The number of hydrogen-bond acceptors (Lipinski definition) is 2. The molecule has 2 rings (SSSR count). The first kappa shape index (κ1) is 14.3. The predicted molar refractivity (Wildman–Crippen MR) is 73.7 cm³/mol. The fourth-order valence-electron chi connectivity index (χ4n) is 2.69. The highest BCUT2D eigenvalue weighted by Gasteiger charge is 2.32. The lowest BCUT2D eigenvalue weighted by Gasteiger charge is -2.40. The summed E-state index contributed by atoms with van der Waals surface area (Å²) in [6, 6.07) is 4.56. The van der Waals surface area contributed by atoms with Gasteiger partial charge in [-0.05, 0) is 38.3 Å². The van der Waals surface area contributed by atoms with Gasteiger partial charge in [-0.2, -0.15) is 0 Å². The molecule has 1 aliphatic heterocycles. The summed E-state index contributed by atoms with van der Waals surface area (Å²) < 4.78 is 14.0. The van der Waals surface area contributed by atoms with E-state index in [-0.39, 0.29) is 28.6 Å². The lowest BCUT2D eigenvalue weighted by Crippen LogP contribution is -2.52. The number of amides is 1. The van der Waals surface area contributed by atoms with Crippen LogP contribution in [0.15, 0.2) is 18.2 Å². The minimum Gasteiger partial charge on any atom is -0.332 e. The van der Waals surface area contributed by atoms with E-state index in [0.717, 1.165) is 19.3 Å². The zero-order valence-electron chi connectivity index (χ0n) is 10.9. The van der Waals surface area contributed by atoms with Crippen molar-refractivity contribution in [1.82, 2.24) is 4.90 Å². The molecule has 1 aromatic carbocycles. The third kappa shape index (κ3) is 2.74. The molecule has 2 unspecified atom stereocenters. The molecule has 0 radical (unpaired) electrons. The number of likely N-dealkylation sites (tertiary alicyclic amines) is 1. The fourth-order valence-corrected chi connectivity index (χ4v) is 2.87. The largest absolute Gasteiger partial charge is 0.332 e. The van der Waals surface area contributed by atoms with Gasteiger partial charge in [-0.1, -0.05) is 17.7 Å². The summed E-state index contributed by atoms with van der Waals surface area (Å²) in [5, 5.41) is -0.0280. The van der Waals surface area contributed by atoms with Crippen molar-refractivity contribution < 1.29 is 9.18 Å². The smallest absolute Gasteiger partial charge is 0.257 e. The van der Waals surface area contributed by atoms with Crippen molar-refractivity contribution >= 4 is 17.5 Å². The topological polar surface area (TPSA) is 46.3 Å². The van der Waals surface area contributed by atoms with Crippen LogP contribution in [0.25, 0.3) is 0 Å². The van der Waals surface area contributed by atoms with E-state index in [1.165, 1.54) is 12.1 Å². The van der Waals surface area contributed by atoms with Gasteiger partial charge in [-0.25, -0.2) is 4.39 Å². The van der Waals surface area contributed by atoms with Gasteiger partial charge >= 0.3 is 0 Å². The third-order valence-corrected chi connectivity index (χ3v) is 4.01. The standard InChI is InChI=1S/C14H18ClFN2O/c1-9-4-2-5-10(8-17)18(9)14(19)11-6-3-7-12(15)13(11)16/h3,6-7,9-10H,2,4-5,8,17H2,1H3. The van der Waals surface area contributed by atoms with Crippen LogP contribution in [-0.2, 0) is 0 Å². The molecule has 0 saturated carbocycles. The van der Waals surface area contributed by atoms with Crippen LogP contribution in [0.5, 0.6) is 0 Å². The summed E-state index contributed by atoms with van der Waals surface area (Å²) in [6.07, 6.45) is 2.84. The number of carbonyl (C=O) groups excluding carboxylic acids is 1. The maximum absolute atomic E-state index is 14.0. The summed E-state index contributed by atoms with van der Waals surface area (Å²) in [7, 11) is 0. The van der Waals surface area contributed by atoms with Gasteiger partial charge in [0.15, 0.2) is 5.82 Å². The number of benzene rings is 1. The van der Waals surface area contributed by atoms with E-state index >= 15 is 0 Å². The number of hydrogen-bond donors (Lipinski definition) is 1.